The van der Waals surface area contributed by atoms with Crippen LogP contribution >= 0.6 is 8.60 Å². The molecule has 0 aromatic rings. The van der Waals surface area contributed by atoms with E-state index >= 15 is 0 Å². The first-order chi connectivity index (χ1) is 4.15. The van der Waals surface area contributed by atoms with E-state index in [2.05, 4.69) is 6.92 Å². The smallest absolute Gasteiger partial charge is 0.324 e. The van der Waals surface area contributed by atoms with E-state index in [0.29, 0.717) is 6.61 Å². The van der Waals surface area contributed by atoms with Gasteiger partial charge in [0.1, 0.15) is 0 Å². The van der Waals surface area contributed by atoms with Crippen LogP contribution in [0.1, 0.15) is 19.8 Å². The molecule has 0 rings (SSSR count). The molecule has 0 unspecified atom stereocenters. The summed E-state index contributed by atoms with van der Waals surface area (Å²) < 4.78 is 0. The lowest BCUT2D eigenvalue weighted by molar-refractivity contribution is 0.287. The Morgan fingerprint density at radius 1 is 1.22 bits per heavy atom. The monoisotopic (exact) mass is 156 g/mol. The summed E-state index contributed by atoms with van der Waals surface area (Å²) in [6, 6.07) is 0. The molecular formula is C4H13O4P. The van der Waals surface area contributed by atoms with Crippen LogP contribution in [-0.4, -0.2) is 26.4 Å². The van der Waals surface area contributed by atoms with E-state index < -0.39 is 8.60 Å². The van der Waals surface area contributed by atoms with Crippen molar-refractivity contribution in [2.45, 2.75) is 19.8 Å². The van der Waals surface area contributed by atoms with Crippen molar-refractivity contribution in [2.75, 3.05) is 6.61 Å². The van der Waals surface area contributed by atoms with Crippen molar-refractivity contribution in [3.8, 4) is 0 Å². The third kappa shape index (κ3) is 63.1. The maximum atomic E-state index is 8.07. The zero-order chi connectivity index (χ0) is 7.70. The molecule has 0 atom stereocenters. The second-order valence-electron chi connectivity index (χ2n) is 1.35. The van der Waals surface area contributed by atoms with Gasteiger partial charge in [0, 0.05) is 6.61 Å². The molecule has 0 heterocycles. The van der Waals surface area contributed by atoms with E-state index in [1.165, 1.54) is 0 Å². The second-order valence-corrected chi connectivity index (χ2v) is 1.88. The molecule has 0 aromatic heterocycles. The summed E-state index contributed by atoms with van der Waals surface area (Å²) in [5.74, 6) is 0. The molecule has 9 heavy (non-hydrogen) atoms. The molecule has 0 fully saturated rings. The van der Waals surface area contributed by atoms with Gasteiger partial charge < -0.3 is 19.8 Å². The highest BCUT2D eigenvalue weighted by molar-refractivity contribution is 7.38. The number of hydrogen-bond donors (Lipinski definition) is 4. The highest BCUT2D eigenvalue weighted by Crippen LogP contribution is 2.11. The summed E-state index contributed by atoms with van der Waals surface area (Å²) >= 11 is 0. The maximum Gasteiger partial charge on any atom is 0.324 e. The molecule has 5 heteroatoms. The lowest BCUT2D eigenvalue weighted by Crippen LogP contribution is -1.75. The molecule has 0 spiro atoms. The molecule has 0 radical (unpaired) electrons. The quantitative estimate of drug-likeness (QED) is 0.423. The summed E-state index contributed by atoms with van der Waals surface area (Å²) in [5, 5.41) is 8.07. The standard InChI is InChI=1S/C4H10O.H3O3P/c1-2-3-4-5;1-4(2)3/h5H,2-4H2,1H3;1-3H. The van der Waals surface area contributed by atoms with Crippen LogP contribution < -0.4 is 0 Å². The van der Waals surface area contributed by atoms with Gasteiger partial charge in [0.2, 0.25) is 0 Å². The van der Waals surface area contributed by atoms with Crippen LogP contribution in [0.2, 0.25) is 0 Å². The Balaban J connectivity index is 0. The fraction of sp³-hybridized carbons (Fsp3) is 1.00. The van der Waals surface area contributed by atoms with E-state index in [1.54, 1.807) is 0 Å². The van der Waals surface area contributed by atoms with Crippen molar-refractivity contribution >= 4 is 8.60 Å². The Morgan fingerprint density at radius 3 is 1.56 bits per heavy atom. The zero-order valence-electron chi connectivity index (χ0n) is 5.36. The van der Waals surface area contributed by atoms with Gasteiger partial charge in [0.25, 0.3) is 0 Å². The third-order valence-electron chi connectivity index (χ3n) is 0.512. The molecule has 0 amide bonds. The highest BCUT2D eigenvalue weighted by atomic mass is 31.2. The van der Waals surface area contributed by atoms with Crippen LogP contribution in [0.3, 0.4) is 0 Å². The number of unbranched alkanes of at least 4 members (excludes halogenated alkanes) is 1. The van der Waals surface area contributed by atoms with Crippen LogP contribution in [0.5, 0.6) is 0 Å². The van der Waals surface area contributed by atoms with Crippen LogP contribution in [0.15, 0.2) is 0 Å². The van der Waals surface area contributed by atoms with Crippen molar-refractivity contribution in [3.63, 3.8) is 0 Å². The highest BCUT2D eigenvalue weighted by Gasteiger charge is 1.76. The van der Waals surface area contributed by atoms with Gasteiger partial charge in [-0.05, 0) is 6.42 Å². The molecule has 4 N–H and O–H groups in total. The van der Waals surface area contributed by atoms with Gasteiger partial charge in [-0.1, -0.05) is 13.3 Å². The predicted molar refractivity (Wildman–Crippen MR) is 35.6 cm³/mol. The van der Waals surface area contributed by atoms with E-state index in [9.17, 15) is 0 Å². The number of aliphatic hydroxyl groups excluding tert-OH is 1. The van der Waals surface area contributed by atoms with Crippen molar-refractivity contribution in [1.82, 2.24) is 0 Å². The molecule has 0 bridgehead atoms. The fourth-order valence-electron chi connectivity index (χ4n) is 0.158. The molecule has 0 aliphatic carbocycles. The molecule has 58 valence electrons. The van der Waals surface area contributed by atoms with Crippen LogP contribution in [0, 0.1) is 0 Å². The summed E-state index contributed by atoms with van der Waals surface area (Å²) in [5.41, 5.74) is 0. The molecule has 0 aliphatic heterocycles. The molecule has 4 nitrogen and oxygen atoms in total. The predicted octanol–water partition coefficient (Wildman–Crippen LogP) is -0.0310. The zero-order valence-corrected chi connectivity index (χ0v) is 6.25. The number of rotatable bonds is 2. The Kier molecular flexibility index (Phi) is 14.8. The number of hydrogen-bond acceptors (Lipinski definition) is 4. The Labute approximate surface area is 55.8 Å². The third-order valence-corrected chi connectivity index (χ3v) is 0.512. The molecule has 0 aromatic carbocycles. The van der Waals surface area contributed by atoms with E-state index in [4.69, 9.17) is 19.8 Å². The Morgan fingerprint density at radius 2 is 1.56 bits per heavy atom. The number of aliphatic hydroxyl groups is 1. The normalized spacial score (nSPS) is 8.67. The van der Waals surface area contributed by atoms with Gasteiger partial charge >= 0.3 is 8.60 Å². The lowest BCUT2D eigenvalue weighted by Gasteiger charge is -1.79. The van der Waals surface area contributed by atoms with Crippen molar-refractivity contribution < 1.29 is 19.8 Å². The van der Waals surface area contributed by atoms with Crippen molar-refractivity contribution in [1.29, 1.82) is 0 Å². The van der Waals surface area contributed by atoms with Crippen LogP contribution in [0.4, 0.5) is 0 Å². The first-order valence-corrected chi connectivity index (χ1v) is 3.82. The maximum absolute atomic E-state index is 8.07. The average molecular weight is 156 g/mol. The van der Waals surface area contributed by atoms with Gasteiger partial charge in [0.05, 0.1) is 0 Å². The van der Waals surface area contributed by atoms with E-state index in [0.717, 1.165) is 12.8 Å². The first-order valence-electron chi connectivity index (χ1n) is 2.62. The first kappa shape index (κ1) is 12.0. The van der Waals surface area contributed by atoms with Gasteiger partial charge in [-0.25, -0.2) is 0 Å². The Bertz CT molecular complexity index is 36.8. The van der Waals surface area contributed by atoms with E-state index in [1.807, 2.05) is 0 Å². The molecule has 0 saturated heterocycles. The van der Waals surface area contributed by atoms with Crippen LogP contribution in [0.25, 0.3) is 0 Å². The topological polar surface area (TPSA) is 80.9 Å². The van der Waals surface area contributed by atoms with Gasteiger partial charge in [-0.15, -0.1) is 0 Å². The van der Waals surface area contributed by atoms with Crippen molar-refractivity contribution in [2.24, 2.45) is 0 Å². The largest absolute Gasteiger partial charge is 0.396 e. The van der Waals surface area contributed by atoms with E-state index in [-0.39, 0.29) is 0 Å². The van der Waals surface area contributed by atoms with Crippen molar-refractivity contribution in [3.05, 3.63) is 0 Å². The molecule has 0 aliphatic rings. The van der Waals surface area contributed by atoms with Gasteiger partial charge in [0.15, 0.2) is 0 Å². The second kappa shape index (κ2) is 11.1. The summed E-state index contributed by atoms with van der Waals surface area (Å²) in [6.07, 6.45) is 2.04. The summed E-state index contributed by atoms with van der Waals surface area (Å²) in [4.78, 5) is 21.7. The minimum absolute atomic E-state index is 0.344. The minimum Gasteiger partial charge on any atom is -0.396 e. The SMILES string of the molecule is CCCCO.OP(O)O. The summed E-state index contributed by atoms with van der Waals surface area (Å²) in [6.45, 7) is 2.40. The Hall–Kier alpha value is 0.270. The van der Waals surface area contributed by atoms with Gasteiger partial charge in [-0.3, -0.25) is 0 Å². The fourth-order valence-corrected chi connectivity index (χ4v) is 0.158. The minimum atomic E-state index is -2.62. The lowest BCUT2D eigenvalue weighted by atomic mass is 10.4. The summed E-state index contributed by atoms with van der Waals surface area (Å²) in [7, 11) is -2.62. The molecule has 0 saturated carbocycles. The van der Waals surface area contributed by atoms with Gasteiger partial charge in [-0.2, -0.15) is 0 Å². The average Bonchev–Trinajstić information content (AvgIpc) is 1.66. The van der Waals surface area contributed by atoms with Crippen LogP contribution in [-0.2, 0) is 0 Å². The molecular weight excluding hydrogens is 143 g/mol.